The van der Waals surface area contributed by atoms with Crippen LogP contribution in [0, 0.1) is 6.92 Å². The summed E-state index contributed by atoms with van der Waals surface area (Å²) in [6.07, 6.45) is 2.41. The summed E-state index contributed by atoms with van der Waals surface area (Å²) in [5.74, 6) is 0. The van der Waals surface area contributed by atoms with Crippen LogP contribution in [0.2, 0.25) is 0 Å². The molecule has 0 radical (unpaired) electrons. The molecule has 3 rings (SSSR count). The Bertz CT molecular complexity index is 618. The number of thioether (sulfide) groups is 1. The minimum absolute atomic E-state index is 0.168. The van der Waals surface area contributed by atoms with E-state index in [1.807, 2.05) is 23.1 Å². The molecule has 92 valence electrons. The van der Waals surface area contributed by atoms with Crippen LogP contribution in [-0.4, -0.2) is 4.75 Å². The van der Waals surface area contributed by atoms with Gasteiger partial charge >= 0.3 is 0 Å². The van der Waals surface area contributed by atoms with Gasteiger partial charge in [-0.2, -0.15) is 0 Å². The SMILES string of the molecule is Cc1ccc(C2=CC(C)(C)Sc3ccccc32)s1. The Morgan fingerprint density at radius 3 is 2.50 bits per heavy atom. The zero-order valence-corrected chi connectivity index (χ0v) is 12.5. The van der Waals surface area contributed by atoms with Crippen LogP contribution < -0.4 is 0 Å². The first-order valence-electron chi connectivity index (χ1n) is 6.13. The molecule has 2 aromatic rings. The molecule has 0 amide bonds. The molecule has 1 aliphatic rings. The third kappa shape index (κ3) is 2.15. The fraction of sp³-hybridized carbons (Fsp3) is 0.250. The van der Waals surface area contributed by atoms with Crippen molar-refractivity contribution in [2.75, 3.05) is 0 Å². The van der Waals surface area contributed by atoms with Crippen molar-refractivity contribution < 1.29 is 0 Å². The lowest BCUT2D eigenvalue weighted by Crippen LogP contribution is -2.15. The number of aryl methyl sites for hydroxylation is 1. The maximum absolute atomic E-state index is 2.41. The summed E-state index contributed by atoms with van der Waals surface area (Å²) in [7, 11) is 0. The number of rotatable bonds is 1. The van der Waals surface area contributed by atoms with Gasteiger partial charge in [0.15, 0.2) is 0 Å². The lowest BCUT2D eigenvalue weighted by molar-refractivity contribution is 0.892. The Labute approximate surface area is 117 Å². The van der Waals surface area contributed by atoms with Crippen molar-refractivity contribution in [2.45, 2.75) is 30.4 Å². The van der Waals surface area contributed by atoms with Crippen LogP contribution in [-0.2, 0) is 0 Å². The number of hydrogen-bond acceptors (Lipinski definition) is 2. The number of hydrogen-bond donors (Lipinski definition) is 0. The maximum atomic E-state index is 2.41. The lowest BCUT2D eigenvalue weighted by Gasteiger charge is -2.28. The van der Waals surface area contributed by atoms with Crippen molar-refractivity contribution in [3.05, 3.63) is 57.8 Å². The van der Waals surface area contributed by atoms with Crippen molar-refractivity contribution in [3.63, 3.8) is 0 Å². The van der Waals surface area contributed by atoms with Gasteiger partial charge in [-0.05, 0) is 50.1 Å². The molecule has 0 fully saturated rings. The zero-order chi connectivity index (χ0) is 12.8. The van der Waals surface area contributed by atoms with Crippen molar-refractivity contribution in [1.82, 2.24) is 0 Å². The Kier molecular flexibility index (Phi) is 2.87. The summed E-state index contributed by atoms with van der Waals surface area (Å²) >= 11 is 3.83. The van der Waals surface area contributed by atoms with Crippen molar-refractivity contribution in [2.24, 2.45) is 0 Å². The first-order chi connectivity index (χ1) is 8.55. The largest absolute Gasteiger partial charge is 0.141 e. The summed E-state index contributed by atoms with van der Waals surface area (Å²) in [5.41, 5.74) is 2.77. The summed E-state index contributed by atoms with van der Waals surface area (Å²) in [4.78, 5) is 4.15. The van der Waals surface area contributed by atoms with E-state index in [0.29, 0.717) is 0 Å². The van der Waals surface area contributed by atoms with Crippen LogP contribution in [0.15, 0.2) is 47.4 Å². The number of benzene rings is 1. The van der Waals surface area contributed by atoms with Crippen LogP contribution in [0.1, 0.15) is 29.2 Å². The van der Waals surface area contributed by atoms with Gasteiger partial charge < -0.3 is 0 Å². The van der Waals surface area contributed by atoms with Crippen LogP contribution in [0.5, 0.6) is 0 Å². The van der Waals surface area contributed by atoms with E-state index in [4.69, 9.17) is 0 Å². The molecule has 0 unspecified atom stereocenters. The molecular weight excluding hydrogens is 256 g/mol. The monoisotopic (exact) mass is 272 g/mol. The molecule has 18 heavy (non-hydrogen) atoms. The van der Waals surface area contributed by atoms with E-state index < -0.39 is 0 Å². The first-order valence-corrected chi connectivity index (χ1v) is 7.76. The van der Waals surface area contributed by atoms with Gasteiger partial charge in [-0.15, -0.1) is 23.1 Å². The second kappa shape index (κ2) is 4.29. The van der Waals surface area contributed by atoms with Crippen LogP contribution in [0.25, 0.3) is 5.57 Å². The molecule has 0 spiro atoms. The van der Waals surface area contributed by atoms with Crippen molar-refractivity contribution >= 4 is 28.7 Å². The zero-order valence-electron chi connectivity index (χ0n) is 10.9. The predicted molar refractivity (Wildman–Crippen MR) is 82.5 cm³/mol. The average molecular weight is 272 g/mol. The van der Waals surface area contributed by atoms with Gasteiger partial charge in [0.05, 0.1) is 0 Å². The van der Waals surface area contributed by atoms with Gasteiger partial charge in [-0.3, -0.25) is 0 Å². The molecule has 1 aromatic carbocycles. The number of fused-ring (bicyclic) bond motifs is 1. The summed E-state index contributed by atoms with van der Waals surface area (Å²) < 4.78 is 0.168. The minimum atomic E-state index is 0.168. The van der Waals surface area contributed by atoms with E-state index in [0.717, 1.165) is 0 Å². The Morgan fingerprint density at radius 2 is 1.78 bits per heavy atom. The Morgan fingerprint density at radius 1 is 1.00 bits per heavy atom. The molecule has 0 bridgehead atoms. The van der Waals surface area contributed by atoms with Crippen LogP contribution >= 0.6 is 23.1 Å². The summed E-state index contributed by atoms with van der Waals surface area (Å²) in [6.45, 7) is 6.74. The predicted octanol–water partition coefficient (Wildman–Crippen LogP) is 5.37. The molecular formula is C16H16S2. The van der Waals surface area contributed by atoms with E-state index in [-0.39, 0.29) is 4.75 Å². The quantitative estimate of drug-likeness (QED) is 0.672. The molecule has 1 aromatic heterocycles. The molecule has 2 heteroatoms. The van der Waals surface area contributed by atoms with Gasteiger partial charge in [0.1, 0.15) is 0 Å². The highest BCUT2D eigenvalue weighted by Crippen LogP contribution is 2.46. The van der Waals surface area contributed by atoms with Gasteiger partial charge in [-0.25, -0.2) is 0 Å². The summed E-state index contributed by atoms with van der Waals surface area (Å²) in [5, 5.41) is 0. The van der Waals surface area contributed by atoms with Gasteiger partial charge in [0.25, 0.3) is 0 Å². The molecule has 0 nitrogen and oxygen atoms in total. The highest BCUT2D eigenvalue weighted by atomic mass is 32.2. The topological polar surface area (TPSA) is 0 Å². The molecule has 2 heterocycles. The smallest absolute Gasteiger partial charge is 0.0349 e. The van der Waals surface area contributed by atoms with E-state index in [2.05, 4.69) is 63.2 Å². The van der Waals surface area contributed by atoms with Crippen molar-refractivity contribution in [3.8, 4) is 0 Å². The second-order valence-electron chi connectivity index (χ2n) is 5.17. The van der Waals surface area contributed by atoms with Crippen LogP contribution in [0.4, 0.5) is 0 Å². The molecule has 0 atom stereocenters. The molecule has 0 aliphatic carbocycles. The average Bonchev–Trinajstić information content (AvgIpc) is 2.73. The summed E-state index contributed by atoms with van der Waals surface area (Å²) in [6, 6.07) is 13.2. The van der Waals surface area contributed by atoms with Gasteiger partial charge in [0.2, 0.25) is 0 Å². The van der Waals surface area contributed by atoms with E-state index in [1.165, 1.54) is 25.8 Å². The lowest BCUT2D eigenvalue weighted by atomic mass is 9.99. The molecule has 1 aliphatic heterocycles. The van der Waals surface area contributed by atoms with Crippen molar-refractivity contribution in [1.29, 1.82) is 0 Å². The highest BCUT2D eigenvalue weighted by Gasteiger charge is 2.26. The highest BCUT2D eigenvalue weighted by molar-refractivity contribution is 8.01. The minimum Gasteiger partial charge on any atom is -0.141 e. The standard InChI is InChI=1S/C16H16S2/c1-11-8-9-14(17-11)13-10-16(2,3)18-15-7-5-4-6-12(13)15/h4-10H,1-3H3. The van der Waals surface area contributed by atoms with Gasteiger partial charge in [0, 0.05) is 19.4 Å². The fourth-order valence-electron chi connectivity index (χ4n) is 2.30. The maximum Gasteiger partial charge on any atom is 0.0349 e. The first kappa shape index (κ1) is 12.1. The second-order valence-corrected chi connectivity index (χ2v) is 8.15. The van der Waals surface area contributed by atoms with E-state index in [1.54, 1.807) is 0 Å². The third-order valence-corrected chi connectivity index (χ3v) is 5.30. The van der Waals surface area contributed by atoms with E-state index in [9.17, 15) is 0 Å². The Balaban J connectivity index is 2.19. The normalized spacial score (nSPS) is 17.2. The van der Waals surface area contributed by atoms with E-state index >= 15 is 0 Å². The van der Waals surface area contributed by atoms with Gasteiger partial charge in [-0.1, -0.05) is 24.3 Å². The van der Waals surface area contributed by atoms with Crippen LogP contribution in [0.3, 0.4) is 0 Å². The number of thiophene rings is 1. The molecule has 0 N–H and O–H groups in total. The molecule has 0 saturated heterocycles. The fourth-order valence-corrected chi connectivity index (χ4v) is 4.38. The third-order valence-electron chi connectivity index (χ3n) is 3.05. The molecule has 0 saturated carbocycles. The Hall–Kier alpha value is -0.990.